The van der Waals surface area contributed by atoms with Gasteiger partial charge in [-0.15, -0.1) is 0 Å². The van der Waals surface area contributed by atoms with Crippen molar-refractivity contribution in [1.29, 1.82) is 0 Å². The first-order chi connectivity index (χ1) is 21.6. The van der Waals surface area contributed by atoms with Crippen LogP contribution in [0.5, 0.6) is 0 Å². The molecule has 19 heteroatoms. The van der Waals surface area contributed by atoms with E-state index in [2.05, 4.69) is 36.1 Å². The van der Waals surface area contributed by atoms with E-state index in [-0.39, 0.29) is 43.8 Å². The van der Waals surface area contributed by atoms with Crippen molar-refractivity contribution in [3.05, 3.63) is 41.1 Å². The van der Waals surface area contributed by atoms with Gasteiger partial charge < -0.3 is 16.4 Å². The molecule has 1 saturated heterocycles. The number of fused-ring (bicyclic) bond motifs is 1. The van der Waals surface area contributed by atoms with Crippen LogP contribution in [0.3, 0.4) is 0 Å². The Morgan fingerprint density at radius 2 is 1.83 bits per heavy atom. The number of rotatable bonds is 7. The second-order valence-electron chi connectivity index (χ2n) is 11.2. The summed E-state index contributed by atoms with van der Waals surface area (Å²) in [5.74, 6) is -5.49. The molecule has 4 heterocycles. The molecule has 0 bridgehead atoms. The summed E-state index contributed by atoms with van der Waals surface area (Å²) in [5, 5.41) is 16.4. The maximum Gasteiger partial charge on any atom is 0.408 e. The molecule has 3 aromatic rings. The highest BCUT2D eigenvalue weighted by Gasteiger charge is 2.47. The molecule has 3 fully saturated rings. The first kappa shape index (κ1) is 34.6. The van der Waals surface area contributed by atoms with E-state index in [0.717, 1.165) is 19.3 Å². The molecule has 252 valence electrons. The van der Waals surface area contributed by atoms with Crippen LogP contribution >= 0.6 is 0 Å². The van der Waals surface area contributed by atoms with Gasteiger partial charge in [0.05, 0.1) is 24.6 Å². The number of primary amides is 1. The maximum absolute atomic E-state index is 12.9. The zero-order valence-electron chi connectivity index (χ0n) is 24.2. The van der Waals surface area contributed by atoms with Crippen molar-refractivity contribution < 1.29 is 49.7 Å². The zero-order chi connectivity index (χ0) is 33.6. The van der Waals surface area contributed by atoms with Crippen LogP contribution in [0.4, 0.5) is 30.7 Å². The highest BCUT2D eigenvalue weighted by molar-refractivity contribution is 5.93. The summed E-state index contributed by atoms with van der Waals surface area (Å²) >= 11 is 0. The number of alkyl halides is 7. The summed E-state index contributed by atoms with van der Waals surface area (Å²) in [6.07, 6.45) is 0.0424. The van der Waals surface area contributed by atoms with Crippen LogP contribution in [0.1, 0.15) is 84.7 Å². The van der Waals surface area contributed by atoms with E-state index < -0.39 is 48.2 Å². The second-order valence-corrected chi connectivity index (χ2v) is 11.2. The van der Waals surface area contributed by atoms with E-state index in [1.54, 1.807) is 12.3 Å². The van der Waals surface area contributed by atoms with Gasteiger partial charge in [-0.2, -0.15) is 27.1 Å². The number of imidazole rings is 1. The minimum Gasteiger partial charge on any atom is -0.365 e. The van der Waals surface area contributed by atoms with E-state index in [1.165, 1.54) is 10.7 Å². The van der Waals surface area contributed by atoms with Crippen LogP contribution in [0.25, 0.3) is 5.65 Å². The average Bonchev–Trinajstić information content (AvgIpc) is 3.37. The molecule has 46 heavy (non-hydrogen) atoms. The van der Waals surface area contributed by atoms with E-state index in [0.29, 0.717) is 35.4 Å². The fourth-order valence-corrected chi connectivity index (χ4v) is 4.88. The van der Waals surface area contributed by atoms with Gasteiger partial charge in [-0.25, -0.2) is 22.9 Å². The van der Waals surface area contributed by atoms with Crippen molar-refractivity contribution >= 4 is 23.4 Å². The van der Waals surface area contributed by atoms with Gasteiger partial charge in [0.2, 0.25) is 11.8 Å². The van der Waals surface area contributed by atoms with Gasteiger partial charge in [-0.05, 0) is 55.3 Å². The second kappa shape index (κ2) is 14.4. The Kier molecular flexibility index (Phi) is 10.8. The number of nitrogens with zero attached hydrogens (tertiary/aromatic N) is 5. The first-order valence-corrected chi connectivity index (χ1v) is 14.4. The van der Waals surface area contributed by atoms with Crippen LogP contribution in [-0.4, -0.2) is 67.2 Å². The van der Waals surface area contributed by atoms with E-state index in [1.807, 2.05) is 5.32 Å². The van der Waals surface area contributed by atoms with Crippen LogP contribution in [0.15, 0.2) is 23.1 Å². The Morgan fingerprint density at radius 3 is 2.37 bits per heavy atom. The molecule has 0 spiro atoms. The van der Waals surface area contributed by atoms with Crippen molar-refractivity contribution in [2.75, 3.05) is 0 Å². The number of hydrogen-bond acceptors (Lipinski definition) is 8. The summed E-state index contributed by atoms with van der Waals surface area (Å²) in [5.41, 5.74) is 6.37. The monoisotopic (exact) mass is 664 g/mol. The predicted octanol–water partition coefficient (Wildman–Crippen LogP) is 3.85. The molecule has 3 aliphatic rings. The standard InChI is InChI=1S/C19H18F3N7O3.C6H10F2.C2H3F2NO/c20-19(21,22)13-5-11(17(30)26-13)3-9-4-14-25-12(8-29(14)24-6-9)7-23-18(31)16-15(10-1-2-10)27-32-28-16;7-6(8)4-2-1-3-5-6;3-1(4)2(5)6/h4,6,8,10-11,13H,1-3,5,7H2,(H,23,31)(H,26,30);1-5H2;1H,(H2,5,6). The zero-order valence-corrected chi connectivity index (χ0v) is 24.2. The third kappa shape index (κ3) is 9.59. The lowest BCUT2D eigenvalue weighted by Gasteiger charge is -2.20. The van der Waals surface area contributed by atoms with Gasteiger partial charge in [-0.3, -0.25) is 14.4 Å². The van der Waals surface area contributed by atoms with E-state index in [4.69, 9.17) is 0 Å². The molecule has 4 N–H and O–H groups in total. The molecule has 3 amide bonds. The van der Waals surface area contributed by atoms with Gasteiger partial charge in [0.1, 0.15) is 11.7 Å². The number of halogens is 7. The van der Waals surface area contributed by atoms with E-state index in [9.17, 15) is 45.1 Å². The molecule has 2 unspecified atom stereocenters. The van der Waals surface area contributed by atoms with Gasteiger partial charge in [-0.1, -0.05) is 11.6 Å². The van der Waals surface area contributed by atoms with Crippen molar-refractivity contribution in [3.63, 3.8) is 0 Å². The molecular weight excluding hydrogens is 633 g/mol. The van der Waals surface area contributed by atoms with Crippen LogP contribution in [0.2, 0.25) is 0 Å². The number of nitrogens with one attached hydrogen (secondary N) is 2. The van der Waals surface area contributed by atoms with Crippen molar-refractivity contribution in [2.45, 2.75) is 94.8 Å². The van der Waals surface area contributed by atoms with Crippen LogP contribution in [0, 0.1) is 5.92 Å². The molecule has 0 radical (unpaired) electrons. The number of nitrogens with two attached hydrogens (primary N) is 1. The molecular formula is C27H31F7N8O4. The van der Waals surface area contributed by atoms with Crippen molar-refractivity contribution in [1.82, 2.24) is 35.5 Å². The largest absolute Gasteiger partial charge is 0.408 e. The highest BCUT2D eigenvalue weighted by Crippen LogP contribution is 2.40. The highest BCUT2D eigenvalue weighted by atomic mass is 19.4. The van der Waals surface area contributed by atoms with Gasteiger partial charge >= 0.3 is 12.6 Å². The Balaban J connectivity index is 0.000000285. The molecule has 1 aliphatic heterocycles. The Labute approximate surface area is 256 Å². The lowest BCUT2D eigenvalue weighted by atomic mass is 9.97. The minimum atomic E-state index is -4.46. The third-order valence-electron chi connectivity index (χ3n) is 7.43. The molecule has 2 aliphatic carbocycles. The van der Waals surface area contributed by atoms with Crippen molar-refractivity contribution in [2.24, 2.45) is 11.7 Å². The molecule has 2 saturated carbocycles. The molecule has 3 aromatic heterocycles. The van der Waals surface area contributed by atoms with Gasteiger partial charge in [0.25, 0.3) is 11.8 Å². The Bertz CT molecular complexity index is 1520. The smallest absolute Gasteiger partial charge is 0.365 e. The topological polar surface area (TPSA) is 170 Å². The fraction of sp³-hybridized carbons (Fsp3) is 0.593. The summed E-state index contributed by atoms with van der Waals surface area (Å²) in [6, 6.07) is -0.155. The minimum absolute atomic E-state index is 0.118. The normalized spacial score (nSPS) is 20.7. The predicted molar refractivity (Wildman–Crippen MR) is 143 cm³/mol. The first-order valence-electron chi connectivity index (χ1n) is 14.4. The van der Waals surface area contributed by atoms with Gasteiger partial charge in [0.15, 0.2) is 11.3 Å². The fourth-order valence-electron chi connectivity index (χ4n) is 4.88. The Hall–Kier alpha value is -4.32. The quantitative estimate of drug-likeness (QED) is 0.320. The SMILES string of the molecule is FC1(F)CCCCC1.NC(=O)C(F)F.O=C(NCc1cn2ncc(CC3CC(C(F)(F)F)NC3=O)cc2n1)c1nonc1C1CC1. The average molecular weight is 665 g/mol. The summed E-state index contributed by atoms with van der Waals surface area (Å²) in [4.78, 5) is 37.9. The maximum atomic E-state index is 12.9. The molecule has 12 nitrogen and oxygen atoms in total. The van der Waals surface area contributed by atoms with Crippen molar-refractivity contribution in [3.8, 4) is 0 Å². The third-order valence-corrected chi connectivity index (χ3v) is 7.43. The number of carbonyl (C=O) groups excluding carboxylic acids is 3. The number of amides is 3. The summed E-state index contributed by atoms with van der Waals surface area (Å²) in [7, 11) is 0. The molecule has 0 aromatic carbocycles. The summed E-state index contributed by atoms with van der Waals surface area (Å²) in [6.45, 7) is 0.118. The Morgan fingerprint density at radius 1 is 1.15 bits per heavy atom. The summed E-state index contributed by atoms with van der Waals surface area (Å²) < 4.78 is 90.5. The number of aromatic nitrogens is 5. The van der Waals surface area contributed by atoms with Crippen LogP contribution in [-0.2, 0) is 22.6 Å². The molecule has 2 atom stereocenters. The lowest BCUT2D eigenvalue weighted by molar-refractivity contribution is -0.154. The van der Waals surface area contributed by atoms with Crippen LogP contribution < -0.4 is 16.4 Å². The van der Waals surface area contributed by atoms with E-state index >= 15 is 0 Å². The number of carbonyl (C=O) groups is 3. The lowest BCUT2D eigenvalue weighted by Crippen LogP contribution is -2.38. The van der Waals surface area contributed by atoms with Gasteiger partial charge in [0, 0.05) is 24.7 Å². The molecule has 6 rings (SSSR count). The number of hydrogen-bond donors (Lipinski definition) is 3.